The van der Waals surface area contributed by atoms with Gasteiger partial charge in [0.2, 0.25) is 0 Å². The average molecular weight is 897 g/mol. The Morgan fingerprint density at radius 3 is 1.56 bits per heavy atom. The number of hydrogen-bond donors (Lipinski definition) is 2. The van der Waals surface area contributed by atoms with Crippen LogP contribution in [0.2, 0.25) is 51.4 Å². The van der Waals surface area contributed by atoms with Crippen LogP contribution < -0.4 is 14.5 Å². The van der Waals surface area contributed by atoms with Crippen molar-refractivity contribution in [2.24, 2.45) is 0 Å². The number of phenolic OH excluding ortho intramolecular Hbond substituents is 1. The van der Waals surface area contributed by atoms with E-state index >= 15 is 0 Å². The second-order valence-electron chi connectivity index (χ2n) is 18.3. The summed E-state index contributed by atoms with van der Waals surface area (Å²) in [7, 11) is -2.29. The Morgan fingerprint density at radius 1 is 0.603 bits per heavy atom. The first-order valence-corrected chi connectivity index (χ1v) is 29.4. The molecule has 6 aromatic rings. The van der Waals surface area contributed by atoms with E-state index in [1.54, 1.807) is 12.1 Å². The minimum Gasteiger partial charge on any atom is -0.508 e. The maximum atomic E-state index is 10.1. The number of aromatic hydroxyl groups is 1. The lowest BCUT2D eigenvalue weighted by Crippen LogP contribution is -2.36. The molecular formula is C46H64N8O7Si2. The van der Waals surface area contributed by atoms with Crippen molar-refractivity contribution in [2.75, 3.05) is 88.8 Å². The molecule has 17 heteroatoms. The molecule has 2 saturated heterocycles. The van der Waals surface area contributed by atoms with Crippen LogP contribution in [0.1, 0.15) is 0 Å². The number of rotatable bonds is 17. The quantitative estimate of drug-likeness (QED) is 0.0684. The van der Waals surface area contributed by atoms with Gasteiger partial charge in [0, 0.05) is 89.8 Å². The number of aliphatic hydroxyl groups excluding tert-OH is 1. The number of nitrogens with zero attached hydrogens (tertiary/aromatic N) is 8. The van der Waals surface area contributed by atoms with Crippen molar-refractivity contribution in [1.29, 1.82) is 0 Å². The first-order chi connectivity index (χ1) is 30.3. The van der Waals surface area contributed by atoms with E-state index in [9.17, 15) is 5.11 Å². The highest BCUT2D eigenvalue weighted by Crippen LogP contribution is 2.34. The highest BCUT2D eigenvalue weighted by molar-refractivity contribution is 6.76. The lowest BCUT2D eigenvalue weighted by atomic mass is 10.1. The Bertz CT molecular complexity index is 2400. The largest absolute Gasteiger partial charge is 0.508 e. The zero-order valence-electron chi connectivity index (χ0n) is 37.8. The van der Waals surface area contributed by atoms with E-state index in [0.29, 0.717) is 45.6 Å². The fourth-order valence-electron chi connectivity index (χ4n) is 7.32. The molecule has 4 aromatic heterocycles. The number of ether oxygens (including phenoxy) is 5. The summed E-state index contributed by atoms with van der Waals surface area (Å²) >= 11 is 0. The van der Waals surface area contributed by atoms with Crippen LogP contribution in [0.5, 0.6) is 11.5 Å². The highest BCUT2D eigenvalue weighted by Gasteiger charge is 2.20. The molecule has 0 amide bonds. The number of benzene rings is 2. The van der Waals surface area contributed by atoms with E-state index in [-0.39, 0.29) is 19.0 Å². The number of aromatic nitrogens is 6. The average Bonchev–Trinajstić information content (AvgIpc) is 3.83. The monoisotopic (exact) mass is 896 g/mol. The van der Waals surface area contributed by atoms with E-state index in [2.05, 4.69) is 71.2 Å². The minimum atomic E-state index is -1.15. The molecule has 338 valence electrons. The van der Waals surface area contributed by atoms with Crippen LogP contribution in [0.25, 0.3) is 44.3 Å². The molecule has 0 saturated carbocycles. The second-order valence-corrected chi connectivity index (χ2v) is 29.6. The van der Waals surface area contributed by atoms with Gasteiger partial charge in [-0.05, 0) is 72.8 Å². The van der Waals surface area contributed by atoms with Crippen LogP contribution in [0.4, 0.5) is 11.6 Å². The molecule has 2 aromatic carbocycles. The van der Waals surface area contributed by atoms with Crippen LogP contribution in [0.3, 0.4) is 0 Å². The van der Waals surface area contributed by atoms with E-state index < -0.39 is 16.1 Å². The summed E-state index contributed by atoms with van der Waals surface area (Å²) in [4.78, 5) is 13.6. The highest BCUT2D eigenvalue weighted by atomic mass is 28.3. The summed E-state index contributed by atoms with van der Waals surface area (Å²) in [6, 6.07) is 21.6. The van der Waals surface area contributed by atoms with Gasteiger partial charge in [0.05, 0.1) is 44.1 Å². The van der Waals surface area contributed by atoms with Gasteiger partial charge >= 0.3 is 0 Å². The molecule has 6 heterocycles. The third kappa shape index (κ3) is 12.6. The van der Waals surface area contributed by atoms with E-state index in [4.69, 9.17) is 39.0 Å². The van der Waals surface area contributed by atoms with E-state index in [1.807, 2.05) is 58.2 Å². The number of fused-ring (bicyclic) bond motifs is 2. The molecule has 0 spiro atoms. The zero-order chi connectivity index (χ0) is 44.4. The molecule has 15 nitrogen and oxygen atoms in total. The van der Waals surface area contributed by atoms with Crippen LogP contribution in [-0.4, -0.2) is 135 Å². The second kappa shape index (κ2) is 21.2. The Hall–Kier alpha value is -4.89. The van der Waals surface area contributed by atoms with Gasteiger partial charge in [-0.15, -0.1) is 0 Å². The molecule has 2 aliphatic rings. The predicted molar refractivity (Wildman–Crippen MR) is 254 cm³/mol. The molecule has 0 aliphatic carbocycles. The molecule has 0 radical (unpaired) electrons. The number of pyridine rings is 2. The first-order valence-electron chi connectivity index (χ1n) is 22.0. The molecule has 63 heavy (non-hydrogen) atoms. The van der Waals surface area contributed by atoms with Crippen molar-refractivity contribution in [3.63, 3.8) is 0 Å². The summed E-state index contributed by atoms with van der Waals surface area (Å²) < 4.78 is 32.3. The van der Waals surface area contributed by atoms with Crippen molar-refractivity contribution in [2.45, 2.75) is 64.8 Å². The SMILES string of the molecule is C[Si](C)(C)CCOCn1nc(-c2ccnc(N3CCOCC3)c2)c2cc(O)ccc21.C[Si](C)(C)CCOCn1nc(-c2ccnc(N3CCOCC3)c2)c2cc(OCCO)ccc21. The number of aliphatic hydroxyl groups is 1. The number of morpholine rings is 2. The lowest BCUT2D eigenvalue weighted by Gasteiger charge is -2.27. The standard InChI is InChI=1S/C24H34N4O4Si.C22H30N4O3Si/c1-33(2,3)15-14-31-18-28-22-5-4-20(32-13-10-29)17-21(22)24(26-28)19-6-7-25-23(16-19)27-8-11-30-12-9-27;1-30(2,3)13-12-29-16-26-20-5-4-18(27)15-19(20)22(24-26)17-6-7-23-21(14-17)25-8-10-28-11-9-25/h4-7,16-17,29H,8-15,18H2,1-3H3;4-7,14-15,27H,8-13,16H2,1-3H3. The minimum absolute atomic E-state index is 0.0254. The molecule has 0 unspecified atom stereocenters. The van der Waals surface area contributed by atoms with Gasteiger partial charge in [-0.25, -0.2) is 19.3 Å². The van der Waals surface area contributed by atoms with Crippen LogP contribution in [-0.2, 0) is 32.4 Å². The van der Waals surface area contributed by atoms with Gasteiger partial charge in [-0.2, -0.15) is 10.2 Å². The number of phenols is 1. The first kappa shape index (κ1) is 46.1. The molecular weight excluding hydrogens is 833 g/mol. The Balaban J connectivity index is 0.000000190. The van der Waals surface area contributed by atoms with Gasteiger partial charge in [0.15, 0.2) is 0 Å². The summed E-state index contributed by atoms with van der Waals surface area (Å²) in [5.74, 6) is 2.78. The lowest BCUT2D eigenvalue weighted by molar-refractivity contribution is 0.0818. The van der Waals surface area contributed by atoms with E-state index in [1.165, 1.54) is 0 Å². The number of anilines is 2. The molecule has 2 N–H and O–H groups in total. The predicted octanol–water partition coefficient (Wildman–Crippen LogP) is 7.57. The van der Waals surface area contributed by atoms with Gasteiger partial charge in [-0.1, -0.05) is 39.3 Å². The van der Waals surface area contributed by atoms with Gasteiger partial charge in [0.25, 0.3) is 0 Å². The fraction of sp³-hybridized carbons (Fsp3) is 0.478. The van der Waals surface area contributed by atoms with E-state index in [0.717, 1.165) is 107 Å². The molecule has 8 rings (SSSR count). The van der Waals surface area contributed by atoms with Crippen LogP contribution >= 0.6 is 0 Å². The molecule has 2 fully saturated rings. The Labute approximate surface area is 372 Å². The Kier molecular flexibility index (Phi) is 15.5. The third-order valence-corrected chi connectivity index (χ3v) is 14.4. The van der Waals surface area contributed by atoms with Crippen LogP contribution in [0, 0.1) is 0 Å². The molecule has 2 aliphatic heterocycles. The smallest absolute Gasteiger partial charge is 0.140 e. The fourth-order valence-corrected chi connectivity index (χ4v) is 8.84. The number of hydrogen-bond acceptors (Lipinski definition) is 13. The van der Waals surface area contributed by atoms with Gasteiger partial charge in [-0.3, -0.25) is 0 Å². The molecule has 0 bridgehead atoms. The maximum Gasteiger partial charge on any atom is 0.140 e. The van der Waals surface area contributed by atoms with Crippen molar-refractivity contribution in [3.05, 3.63) is 73.1 Å². The summed E-state index contributed by atoms with van der Waals surface area (Å²) in [5.41, 5.74) is 5.59. The normalized spacial score (nSPS) is 14.9. The summed E-state index contributed by atoms with van der Waals surface area (Å²) in [6.07, 6.45) is 3.65. The zero-order valence-corrected chi connectivity index (χ0v) is 39.8. The topological polar surface area (TPSA) is 155 Å². The Morgan fingerprint density at radius 2 is 1.08 bits per heavy atom. The van der Waals surface area contributed by atoms with Crippen LogP contribution in [0.15, 0.2) is 73.1 Å². The third-order valence-electron chi connectivity index (χ3n) is 10.9. The molecule has 0 atom stereocenters. The van der Waals surface area contributed by atoms with Crippen molar-refractivity contribution in [3.8, 4) is 34.0 Å². The van der Waals surface area contributed by atoms with Crippen molar-refractivity contribution >= 4 is 49.6 Å². The van der Waals surface area contributed by atoms with Gasteiger partial charge < -0.3 is 43.7 Å². The summed E-state index contributed by atoms with van der Waals surface area (Å²) in [6.45, 7) is 22.7. The van der Waals surface area contributed by atoms with Crippen molar-refractivity contribution in [1.82, 2.24) is 29.5 Å². The summed E-state index contributed by atoms with van der Waals surface area (Å²) in [5, 5.41) is 30.9. The maximum absolute atomic E-state index is 10.1. The van der Waals surface area contributed by atoms with Crippen molar-refractivity contribution < 1.29 is 33.9 Å². The van der Waals surface area contributed by atoms with Gasteiger partial charge in [0.1, 0.15) is 54.6 Å².